The summed E-state index contributed by atoms with van der Waals surface area (Å²) in [4.78, 5) is 24.1. The van der Waals surface area contributed by atoms with Crippen LogP contribution in [0.3, 0.4) is 0 Å². The van der Waals surface area contributed by atoms with Crippen LogP contribution in [0, 0.1) is 0 Å². The Morgan fingerprint density at radius 1 is 0.958 bits per heavy atom. The number of hydrogen-bond acceptors (Lipinski definition) is 3. The van der Waals surface area contributed by atoms with Crippen LogP contribution in [0.25, 0.3) is 0 Å². The molecule has 2 aromatic rings. The lowest BCUT2D eigenvalue weighted by Gasteiger charge is -2.14. The summed E-state index contributed by atoms with van der Waals surface area (Å²) in [7, 11) is 0. The number of anilines is 1. The maximum atomic E-state index is 12.1. The van der Waals surface area contributed by atoms with Crippen LogP contribution in [0.2, 0.25) is 20.1 Å². The first-order valence-corrected chi connectivity index (χ1v) is 8.20. The van der Waals surface area contributed by atoms with Gasteiger partial charge in [0.25, 0.3) is 5.91 Å². The first kappa shape index (κ1) is 18.9. The molecule has 0 aliphatic heterocycles. The van der Waals surface area contributed by atoms with Crippen LogP contribution in [0.15, 0.2) is 36.4 Å². The fourth-order valence-corrected chi connectivity index (χ4v) is 2.60. The summed E-state index contributed by atoms with van der Waals surface area (Å²) in [5.74, 6) is -1.22. The normalized spacial score (nSPS) is 11.7. The Bertz CT molecular complexity index is 775. The third-order valence-corrected chi connectivity index (χ3v) is 4.11. The molecule has 0 unspecified atom stereocenters. The van der Waals surface area contributed by atoms with E-state index in [9.17, 15) is 9.59 Å². The number of rotatable bonds is 4. The van der Waals surface area contributed by atoms with E-state index >= 15 is 0 Å². The molecule has 0 bridgehead atoms. The first-order chi connectivity index (χ1) is 11.3. The van der Waals surface area contributed by atoms with E-state index in [1.54, 1.807) is 0 Å². The van der Waals surface area contributed by atoms with Gasteiger partial charge in [0.1, 0.15) is 0 Å². The number of halogens is 4. The third kappa shape index (κ3) is 5.02. The van der Waals surface area contributed by atoms with Gasteiger partial charge in [0.2, 0.25) is 0 Å². The van der Waals surface area contributed by atoms with Gasteiger partial charge in [-0.3, -0.25) is 4.79 Å². The van der Waals surface area contributed by atoms with E-state index in [4.69, 9.17) is 51.1 Å². The SMILES string of the molecule is C[C@@H](OC(=O)c1ccc(Cl)c(Cl)c1)C(=O)Nc1cc(Cl)cc(Cl)c1. The van der Waals surface area contributed by atoms with E-state index in [1.165, 1.54) is 43.3 Å². The summed E-state index contributed by atoms with van der Waals surface area (Å²) in [5, 5.41) is 3.85. The van der Waals surface area contributed by atoms with Crippen molar-refractivity contribution in [2.24, 2.45) is 0 Å². The molecule has 0 fully saturated rings. The molecule has 0 saturated carbocycles. The van der Waals surface area contributed by atoms with Gasteiger partial charge in [-0.1, -0.05) is 46.4 Å². The van der Waals surface area contributed by atoms with Gasteiger partial charge in [0.15, 0.2) is 6.10 Å². The molecule has 0 radical (unpaired) electrons. The smallest absolute Gasteiger partial charge is 0.338 e. The van der Waals surface area contributed by atoms with Crippen molar-refractivity contribution < 1.29 is 14.3 Å². The second-order valence-electron chi connectivity index (χ2n) is 4.82. The molecule has 1 atom stereocenters. The lowest BCUT2D eigenvalue weighted by molar-refractivity contribution is -0.123. The highest BCUT2D eigenvalue weighted by Gasteiger charge is 2.20. The first-order valence-electron chi connectivity index (χ1n) is 6.69. The lowest BCUT2D eigenvalue weighted by atomic mass is 10.2. The van der Waals surface area contributed by atoms with Crippen molar-refractivity contribution in [3.63, 3.8) is 0 Å². The standard InChI is InChI=1S/C16H11Cl4NO3/c1-8(15(22)21-12-6-10(17)5-11(18)7-12)24-16(23)9-2-3-13(19)14(20)4-9/h2-8H,1H3,(H,21,22)/t8-/m1/s1. The predicted octanol–water partition coefficient (Wildman–Crippen LogP) is 5.48. The average Bonchev–Trinajstić information content (AvgIpc) is 2.48. The highest BCUT2D eigenvalue weighted by atomic mass is 35.5. The van der Waals surface area contributed by atoms with E-state index in [0.717, 1.165) is 0 Å². The van der Waals surface area contributed by atoms with Gasteiger partial charge in [-0.25, -0.2) is 4.79 Å². The number of amides is 1. The van der Waals surface area contributed by atoms with Crippen LogP contribution in [-0.2, 0) is 9.53 Å². The van der Waals surface area contributed by atoms with Crippen molar-refractivity contribution in [3.05, 3.63) is 62.1 Å². The molecular weight excluding hydrogens is 396 g/mol. The molecule has 1 N–H and O–H groups in total. The van der Waals surface area contributed by atoms with E-state index < -0.39 is 18.0 Å². The Morgan fingerprint density at radius 3 is 2.17 bits per heavy atom. The summed E-state index contributed by atoms with van der Waals surface area (Å²) in [6.07, 6.45) is -1.04. The maximum Gasteiger partial charge on any atom is 0.338 e. The minimum Gasteiger partial charge on any atom is -0.449 e. The molecule has 126 valence electrons. The molecule has 0 spiro atoms. The second-order valence-corrected chi connectivity index (χ2v) is 6.51. The number of benzene rings is 2. The van der Waals surface area contributed by atoms with Gasteiger partial charge in [-0.15, -0.1) is 0 Å². The highest BCUT2D eigenvalue weighted by Crippen LogP contribution is 2.24. The highest BCUT2D eigenvalue weighted by molar-refractivity contribution is 6.42. The Morgan fingerprint density at radius 2 is 1.58 bits per heavy atom. The number of esters is 1. The van der Waals surface area contributed by atoms with Gasteiger partial charge in [0, 0.05) is 15.7 Å². The Hall–Kier alpha value is -1.46. The van der Waals surface area contributed by atoms with Crippen LogP contribution in [0.4, 0.5) is 5.69 Å². The summed E-state index contributed by atoms with van der Waals surface area (Å²) >= 11 is 23.4. The van der Waals surface area contributed by atoms with Crippen molar-refractivity contribution in [1.82, 2.24) is 0 Å². The predicted molar refractivity (Wildman–Crippen MR) is 96.4 cm³/mol. The molecule has 0 aromatic heterocycles. The van der Waals surface area contributed by atoms with Crippen molar-refractivity contribution >= 4 is 64.0 Å². The second kappa shape index (κ2) is 8.08. The molecule has 2 aromatic carbocycles. The maximum absolute atomic E-state index is 12.1. The van der Waals surface area contributed by atoms with Gasteiger partial charge >= 0.3 is 5.97 Å². The summed E-state index contributed by atoms with van der Waals surface area (Å²) in [6.45, 7) is 1.44. The molecule has 1 amide bonds. The monoisotopic (exact) mass is 405 g/mol. The van der Waals surface area contributed by atoms with Crippen molar-refractivity contribution in [3.8, 4) is 0 Å². The van der Waals surface area contributed by atoms with E-state index in [1.807, 2.05) is 0 Å². The zero-order valence-electron chi connectivity index (χ0n) is 12.3. The third-order valence-electron chi connectivity index (χ3n) is 2.94. The lowest BCUT2D eigenvalue weighted by Crippen LogP contribution is -2.30. The summed E-state index contributed by atoms with van der Waals surface area (Å²) in [6, 6.07) is 8.88. The molecule has 24 heavy (non-hydrogen) atoms. The molecule has 0 aliphatic carbocycles. The Labute approximate surface area is 158 Å². The molecule has 0 saturated heterocycles. The minimum atomic E-state index is -1.04. The summed E-state index contributed by atoms with van der Waals surface area (Å²) < 4.78 is 5.11. The van der Waals surface area contributed by atoms with Crippen molar-refractivity contribution in [2.75, 3.05) is 5.32 Å². The topological polar surface area (TPSA) is 55.4 Å². The van der Waals surface area contributed by atoms with Crippen LogP contribution < -0.4 is 5.32 Å². The van der Waals surface area contributed by atoms with Crippen molar-refractivity contribution in [2.45, 2.75) is 13.0 Å². The van der Waals surface area contributed by atoms with Gasteiger partial charge < -0.3 is 10.1 Å². The van der Waals surface area contributed by atoms with Crippen molar-refractivity contribution in [1.29, 1.82) is 0 Å². The Kier molecular flexibility index (Phi) is 6.35. The largest absolute Gasteiger partial charge is 0.449 e. The minimum absolute atomic E-state index is 0.190. The number of carbonyl (C=O) groups is 2. The molecular formula is C16H11Cl4NO3. The fraction of sp³-hybridized carbons (Fsp3) is 0.125. The molecule has 4 nitrogen and oxygen atoms in total. The molecule has 0 aliphatic rings. The zero-order valence-corrected chi connectivity index (χ0v) is 15.3. The number of hydrogen-bond donors (Lipinski definition) is 1. The van der Waals surface area contributed by atoms with Crippen LogP contribution in [0.1, 0.15) is 17.3 Å². The number of ether oxygens (including phenoxy) is 1. The Balaban J connectivity index is 2.02. The zero-order chi connectivity index (χ0) is 17.9. The van der Waals surface area contributed by atoms with Gasteiger partial charge in [-0.2, -0.15) is 0 Å². The number of nitrogens with one attached hydrogen (secondary N) is 1. The van der Waals surface area contributed by atoms with Crippen LogP contribution in [0.5, 0.6) is 0 Å². The van der Waals surface area contributed by atoms with E-state index in [-0.39, 0.29) is 10.6 Å². The fourth-order valence-electron chi connectivity index (χ4n) is 1.78. The van der Waals surface area contributed by atoms with E-state index in [2.05, 4.69) is 5.32 Å². The molecule has 0 heterocycles. The summed E-state index contributed by atoms with van der Waals surface area (Å²) in [5.41, 5.74) is 0.588. The number of carbonyl (C=O) groups excluding carboxylic acids is 2. The van der Waals surface area contributed by atoms with E-state index in [0.29, 0.717) is 20.8 Å². The average molecular weight is 407 g/mol. The van der Waals surface area contributed by atoms with Gasteiger partial charge in [0.05, 0.1) is 15.6 Å². The molecule has 8 heteroatoms. The molecule has 2 rings (SSSR count). The quantitative estimate of drug-likeness (QED) is 0.683. The van der Waals surface area contributed by atoms with Crippen LogP contribution in [-0.4, -0.2) is 18.0 Å². The van der Waals surface area contributed by atoms with Crippen LogP contribution >= 0.6 is 46.4 Å². The van der Waals surface area contributed by atoms with Gasteiger partial charge in [-0.05, 0) is 43.3 Å².